The van der Waals surface area contributed by atoms with Crippen molar-refractivity contribution >= 4 is 11.6 Å². The molecule has 1 aromatic carbocycles. The normalized spacial score (nSPS) is 20.2. The van der Waals surface area contributed by atoms with Crippen LogP contribution in [0.2, 0.25) is 0 Å². The molecule has 0 N–H and O–H groups in total. The van der Waals surface area contributed by atoms with Gasteiger partial charge >= 0.3 is 0 Å². The Hall–Kier alpha value is -1.84. The van der Waals surface area contributed by atoms with Crippen molar-refractivity contribution < 1.29 is 9.63 Å². The van der Waals surface area contributed by atoms with Gasteiger partial charge in [0.25, 0.3) is 5.91 Å². The molecule has 1 aliphatic rings. The molecule has 1 aliphatic heterocycles. The second-order valence-corrected chi connectivity index (χ2v) is 4.85. The van der Waals surface area contributed by atoms with Crippen LogP contribution in [0.4, 0.5) is 0 Å². The van der Waals surface area contributed by atoms with E-state index in [-0.39, 0.29) is 11.4 Å². The van der Waals surface area contributed by atoms with Crippen molar-refractivity contribution in [2.45, 2.75) is 25.8 Å². The van der Waals surface area contributed by atoms with E-state index >= 15 is 0 Å². The lowest BCUT2D eigenvalue weighted by Gasteiger charge is -2.31. The largest absolute Gasteiger partial charge is 0.399 e. The lowest BCUT2D eigenvalue weighted by molar-refractivity contribution is 0.0691. The highest BCUT2D eigenvalue weighted by molar-refractivity contribution is 6.03. The van der Waals surface area contributed by atoms with Crippen LogP contribution in [0.5, 0.6) is 0 Å². The Bertz CT molecular complexity index is 466. The zero-order valence-electron chi connectivity index (χ0n) is 11.0. The van der Waals surface area contributed by atoms with Gasteiger partial charge in [-0.2, -0.15) is 0 Å². The van der Waals surface area contributed by atoms with Gasteiger partial charge in [0.05, 0.1) is 11.3 Å². The number of benzene rings is 1. The van der Waals surface area contributed by atoms with Crippen LogP contribution in [-0.4, -0.2) is 35.7 Å². The van der Waals surface area contributed by atoms with Crippen LogP contribution >= 0.6 is 0 Å². The molecule has 4 nitrogen and oxygen atoms in total. The maximum atomic E-state index is 12.4. The van der Waals surface area contributed by atoms with Crippen molar-refractivity contribution in [3.63, 3.8) is 0 Å². The maximum absolute atomic E-state index is 12.4. The average molecular weight is 246 g/mol. The average Bonchev–Trinajstić information content (AvgIpc) is 2.66. The van der Waals surface area contributed by atoms with Crippen LogP contribution < -0.4 is 0 Å². The van der Waals surface area contributed by atoms with E-state index in [0.717, 1.165) is 12.1 Å². The molecule has 0 atom stereocenters. The van der Waals surface area contributed by atoms with Crippen LogP contribution in [0.3, 0.4) is 0 Å². The summed E-state index contributed by atoms with van der Waals surface area (Å²) in [5.74, 6) is 0.0434. The van der Waals surface area contributed by atoms with Crippen LogP contribution in [0, 0.1) is 0 Å². The van der Waals surface area contributed by atoms with Crippen LogP contribution in [0.15, 0.2) is 35.5 Å². The van der Waals surface area contributed by atoms with E-state index in [4.69, 9.17) is 4.84 Å². The highest BCUT2D eigenvalue weighted by Crippen LogP contribution is 2.28. The number of hydrogen-bond donors (Lipinski definition) is 0. The van der Waals surface area contributed by atoms with Crippen molar-refractivity contribution in [2.24, 2.45) is 5.16 Å². The van der Waals surface area contributed by atoms with Gasteiger partial charge in [0, 0.05) is 18.5 Å². The highest BCUT2D eigenvalue weighted by atomic mass is 16.6. The summed E-state index contributed by atoms with van der Waals surface area (Å²) in [7, 11) is 1.53. The number of carbonyl (C=O) groups excluding carboxylic acids is 1. The van der Waals surface area contributed by atoms with E-state index in [0.29, 0.717) is 12.1 Å². The van der Waals surface area contributed by atoms with Gasteiger partial charge in [-0.1, -0.05) is 23.4 Å². The SMILES string of the molecule is CO/N=C1/CCN(C(=O)c2ccccc2)C1(C)C. The van der Waals surface area contributed by atoms with E-state index in [1.807, 2.05) is 49.1 Å². The van der Waals surface area contributed by atoms with E-state index < -0.39 is 0 Å². The van der Waals surface area contributed by atoms with Crippen molar-refractivity contribution in [3.05, 3.63) is 35.9 Å². The van der Waals surface area contributed by atoms with Gasteiger partial charge in [-0.25, -0.2) is 0 Å². The topological polar surface area (TPSA) is 41.9 Å². The molecule has 1 amide bonds. The first-order valence-electron chi connectivity index (χ1n) is 6.05. The zero-order valence-corrected chi connectivity index (χ0v) is 11.0. The Labute approximate surface area is 107 Å². The molecule has 1 aromatic rings. The number of amides is 1. The summed E-state index contributed by atoms with van der Waals surface area (Å²) >= 11 is 0. The van der Waals surface area contributed by atoms with Gasteiger partial charge < -0.3 is 9.74 Å². The van der Waals surface area contributed by atoms with E-state index in [9.17, 15) is 4.79 Å². The van der Waals surface area contributed by atoms with Gasteiger partial charge in [-0.3, -0.25) is 4.79 Å². The molecule has 0 spiro atoms. The first-order chi connectivity index (χ1) is 8.57. The maximum Gasteiger partial charge on any atom is 0.254 e. The fourth-order valence-electron chi connectivity index (χ4n) is 2.32. The third kappa shape index (κ3) is 2.10. The molecular weight excluding hydrogens is 228 g/mol. The van der Waals surface area contributed by atoms with E-state index in [1.54, 1.807) is 0 Å². The minimum absolute atomic E-state index is 0.0434. The Morgan fingerprint density at radius 2 is 2.00 bits per heavy atom. The summed E-state index contributed by atoms with van der Waals surface area (Å²) in [6.45, 7) is 4.68. The summed E-state index contributed by atoms with van der Waals surface area (Å²) in [5.41, 5.74) is 1.24. The number of oxime groups is 1. The van der Waals surface area contributed by atoms with E-state index in [2.05, 4.69) is 5.16 Å². The van der Waals surface area contributed by atoms with Crippen molar-refractivity contribution in [2.75, 3.05) is 13.7 Å². The summed E-state index contributed by atoms with van der Waals surface area (Å²) in [4.78, 5) is 19.1. The number of nitrogens with zero attached hydrogens (tertiary/aromatic N) is 2. The number of carbonyl (C=O) groups is 1. The minimum Gasteiger partial charge on any atom is -0.399 e. The monoisotopic (exact) mass is 246 g/mol. The fraction of sp³-hybridized carbons (Fsp3) is 0.429. The third-order valence-electron chi connectivity index (χ3n) is 3.42. The lowest BCUT2D eigenvalue weighted by atomic mass is 9.99. The standard InChI is InChI=1S/C14H18N2O2/c1-14(2)12(15-18-3)9-10-16(14)13(17)11-7-5-4-6-8-11/h4-8H,9-10H2,1-3H3/b15-12-. The molecule has 0 bridgehead atoms. The molecule has 18 heavy (non-hydrogen) atoms. The second kappa shape index (κ2) is 4.80. The molecule has 0 radical (unpaired) electrons. The molecule has 0 aliphatic carbocycles. The quantitative estimate of drug-likeness (QED) is 0.751. The van der Waals surface area contributed by atoms with E-state index in [1.165, 1.54) is 7.11 Å². The first-order valence-corrected chi connectivity index (χ1v) is 6.05. The summed E-state index contributed by atoms with van der Waals surface area (Å²) < 4.78 is 0. The molecule has 0 unspecified atom stereocenters. The molecule has 2 rings (SSSR count). The van der Waals surface area contributed by atoms with Gasteiger partial charge in [0.1, 0.15) is 7.11 Å². The Balaban J connectivity index is 2.26. The number of rotatable bonds is 2. The van der Waals surface area contributed by atoms with Gasteiger partial charge in [-0.05, 0) is 26.0 Å². The van der Waals surface area contributed by atoms with Crippen LogP contribution in [0.1, 0.15) is 30.6 Å². The molecule has 4 heteroatoms. The summed E-state index contributed by atoms with van der Waals surface area (Å²) in [6.07, 6.45) is 0.763. The number of hydrogen-bond acceptors (Lipinski definition) is 3. The summed E-state index contributed by atoms with van der Waals surface area (Å²) in [6, 6.07) is 9.33. The molecule has 1 heterocycles. The highest BCUT2D eigenvalue weighted by Gasteiger charge is 2.41. The smallest absolute Gasteiger partial charge is 0.254 e. The molecule has 96 valence electrons. The molecule has 1 fully saturated rings. The minimum atomic E-state index is -0.386. The third-order valence-corrected chi connectivity index (χ3v) is 3.42. The van der Waals surface area contributed by atoms with Crippen molar-refractivity contribution in [1.82, 2.24) is 4.90 Å². The van der Waals surface area contributed by atoms with Gasteiger partial charge in [-0.15, -0.1) is 0 Å². The molecular formula is C14H18N2O2. The predicted molar refractivity (Wildman–Crippen MR) is 70.6 cm³/mol. The first kappa shape index (κ1) is 12.6. The van der Waals surface area contributed by atoms with Gasteiger partial charge in [0.2, 0.25) is 0 Å². The molecule has 0 saturated carbocycles. The summed E-state index contributed by atoms with van der Waals surface area (Å²) in [5, 5.41) is 4.03. The number of likely N-dealkylation sites (tertiary alicyclic amines) is 1. The fourth-order valence-corrected chi connectivity index (χ4v) is 2.32. The Kier molecular flexibility index (Phi) is 3.36. The van der Waals surface area contributed by atoms with Crippen LogP contribution in [0.25, 0.3) is 0 Å². The predicted octanol–water partition coefficient (Wildman–Crippen LogP) is 2.31. The molecule has 0 aromatic heterocycles. The zero-order chi connectivity index (χ0) is 13.2. The molecule has 1 saturated heterocycles. The van der Waals surface area contributed by atoms with Crippen molar-refractivity contribution in [1.29, 1.82) is 0 Å². The Morgan fingerprint density at radius 3 is 2.61 bits per heavy atom. The lowest BCUT2D eigenvalue weighted by Crippen LogP contribution is -2.46. The van der Waals surface area contributed by atoms with Gasteiger partial charge in [0.15, 0.2) is 0 Å². The van der Waals surface area contributed by atoms with Crippen molar-refractivity contribution in [3.8, 4) is 0 Å². The van der Waals surface area contributed by atoms with Crippen LogP contribution in [-0.2, 0) is 4.84 Å². The Morgan fingerprint density at radius 1 is 1.33 bits per heavy atom. The second-order valence-electron chi connectivity index (χ2n) is 4.85.